The first kappa shape index (κ1) is 17.4. The highest BCUT2D eigenvalue weighted by molar-refractivity contribution is 7.89. The molecule has 2 rings (SSSR count). The summed E-state index contributed by atoms with van der Waals surface area (Å²) < 4.78 is 27.2. The van der Waals surface area contributed by atoms with E-state index in [0.29, 0.717) is 18.9 Å². The topological polar surface area (TPSA) is 116 Å². The number of nitrogens with two attached hydrogens (primary N) is 1. The molecule has 3 N–H and O–H groups in total. The third kappa shape index (κ3) is 5.33. The van der Waals surface area contributed by atoms with Crippen LogP contribution in [0.3, 0.4) is 0 Å². The first-order valence-electron chi connectivity index (χ1n) is 7.32. The average molecular weight is 340 g/mol. The maximum absolute atomic E-state index is 11.6. The highest BCUT2D eigenvalue weighted by Gasteiger charge is 2.40. The number of hydrogen-bond acceptors (Lipinski definition) is 5. The van der Waals surface area contributed by atoms with Gasteiger partial charge in [0.25, 0.3) is 5.91 Å². The Balaban J connectivity index is 1.68. The van der Waals surface area contributed by atoms with Gasteiger partial charge in [-0.3, -0.25) is 9.59 Å². The van der Waals surface area contributed by atoms with E-state index in [1.54, 1.807) is 12.1 Å². The van der Waals surface area contributed by atoms with E-state index >= 15 is 0 Å². The van der Waals surface area contributed by atoms with Gasteiger partial charge in [0.05, 0.1) is 10.8 Å². The zero-order valence-corrected chi connectivity index (χ0v) is 13.6. The van der Waals surface area contributed by atoms with E-state index in [1.807, 2.05) is 6.92 Å². The molecule has 0 radical (unpaired) electrons. The first-order valence-corrected chi connectivity index (χ1v) is 8.87. The van der Waals surface area contributed by atoms with E-state index in [9.17, 15) is 18.0 Å². The van der Waals surface area contributed by atoms with Crippen LogP contribution in [-0.2, 0) is 30.8 Å². The maximum atomic E-state index is 11.6. The van der Waals surface area contributed by atoms with Crippen LogP contribution in [0.2, 0.25) is 0 Å². The number of amides is 1. The van der Waals surface area contributed by atoms with E-state index in [2.05, 4.69) is 5.32 Å². The first-order chi connectivity index (χ1) is 10.8. The molecule has 7 nitrogen and oxygen atoms in total. The van der Waals surface area contributed by atoms with Crippen LogP contribution in [0.15, 0.2) is 29.2 Å². The molecular weight excluding hydrogens is 320 g/mol. The third-order valence-electron chi connectivity index (χ3n) is 3.75. The van der Waals surface area contributed by atoms with Crippen molar-refractivity contribution in [2.24, 2.45) is 17.0 Å². The average Bonchev–Trinajstić information content (AvgIpc) is 3.21. The Kier molecular flexibility index (Phi) is 5.38. The predicted molar refractivity (Wildman–Crippen MR) is 82.8 cm³/mol. The van der Waals surface area contributed by atoms with E-state index in [4.69, 9.17) is 9.88 Å². The van der Waals surface area contributed by atoms with Crippen LogP contribution in [0, 0.1) is 11.8 Å². The minimum absolute atomic E-state index is 0.0477. The van der Waals surface area contributed by atoms with Crippen LogP contribution >= 0.6 is 0 Å². The van der Waals surface area contributed by atoms with Gasteiger partial charge >= 0.3 is 5.97 Å². The van der Waals surface area contributed by atoms with Gasteiger partial charge < -0.3 is 10.1 Å². The molecule has 1 aliphatic rings. The summed E-state index contributed by atoms with van der Waals surface area (Å²) in [5.41, 5.74) is 0.862. The van der Waals surface area contributed by atoms with Crippen LogP contribution in [0.4, 0.5) is 0 Å². The Bertz CT molecular complexity index is 684. The van der Waals surface area contributed by atoms with Crippen molar-refractivity contribution < 1.29 is 22.7 Å². The minimum atomic E-state index is -3.69. The molecule has 0 aliphatic heterocycles. The van der Waals surface area contributed by atoms with Crippen LogP contribution in [0.25, 0.3) is 0 Å². The van der Waals surface area contributed by atoms with Gasteiger partial charge in [-0.25, -0.2) is 13.6 Å². The summed E-state index contributed by atoms with van der Waals surface area (Å²) in [6.07, 6.45) is 1.36. The summed E-state index contributed by atoms with van der Waals surface area (Å²) in [6.45, 7) is 2.06. The fraction of sp³-hybridized carbons (Fsp3) is 0.467. The van der Waals surface area contributed by atoms with Crippen molar-refractivity contribution in [2.45, 2.75) is 24.7 Å². The van der Waals surface area contributed by atoms with Crippen molar-refractivity contribution in [2.75, 3.05) is 13.2 Å². The van der Waals surface area contributed by atoms with Crippen molar-refractivity contribution >= 4 is 21.9 Å². The van der Waals surface area contributed by atoms with Gasteiger partial charge in [-0.05, 0) is 36.5 Å². The summed E-state index contributed by atoms with van der Waals surface area (Å²) in [5, 5.41) is 7.66. The molecule has 2 atom stereocenters. The molecule has 0 aromatic heterocycles. The quantitative estimate of drug-likeness (QED) is 0.688. The molecule has 0 heterocycles. The zero-order chi connectivity index (χ0) is 17.0. The molecule has 1 fully saturated rings. The molecule has 0 saturated heterocycles. The van der Waals surface area contributed by atoms with Crippen molar-refractivity contribution in [3.05, 3.63) is 29.8 Å². The van der Waals surface area contributed by atoms with Crippen LogP contribution in [0.5, 0.6) is 0 Å². The number of carbonyl (C=O) groups excluding carboxylic acids is 2. The number of esters is 1. The lowest BCUT2D eigenvalue weighted by atomic mass is 10.1. The second-order valence-electron chi connectivity index (χ2n) is 5.72. The largest absolute Gasteiger partial charge is 0.455 e. The molecule has 1 amide bonds. The summed E-state index contributed by atoms with van der Waals surface area (Å²) in [6, 6.07) is 6.12. The summed E-state index contributed by atoms with van der Waals surface area (Å²) in [7, 11) is -3.69. The van der Waals surface area contributed by atoms with Gasteiger partial charge in [0.1, 0.15) is 0 Å². The molecule has 1 aliphatic carbocycles. The number of carbonyl (C=O) groups is 2. The molecule has 1 saturated carbocycles. The van der Waals surface area contributed by atoms with Gasteiger partial charge in [-0.2, -0.15) is 0 Å². The van der Waals surface area contributed by atoms with Crippen LogP contribution < -0.4 is 10.5 Å². The molecule has 126 valence electrons. The Morgan fingerprint density at radius 2 is 1.91 bits per heavy atom. The summed E-state index contributed by atoms with van der Waals surface area (Å²) >= 11 is 0. The van der Waals surface area contributed by atoms with Crippen molar-refractivity contribution in [1.82, 2.24) is 5.32 Å². The number of primary sulfonamides is 1. The fourth-order valence-corrected chi connectivity index (χ4v) is 2.65. The summed E-state index contributed by atoms with van der Waals surface area (Å²) in [5.74, 6) is -0.370. The lowest BCUT2D eigenvalue weighted by molar-refractivity contribution is -0.150. The second kappa shape index (κ2) is 7.10. The SMILES string of the molecule is C[C@H]1C[C@H]1C(=O)OCC(=O)NCCc1ccc(S(N)(=O)=O)cc1. The summed E-state index contributed by atoms with van der Waals surface area (Å²) in [4.78, 5) is 23.1. The normalized spacial score (nSPS) is 19.9. The fourth-order valence-electron chi connectivity index (χ4n) is 2.14. The van der Waals surface area contributed by atoms with Gasteiger partial charge in [0.15, 0.2) is 6.61 Å². The number of ether oxygens (including phenoxy) is 1. The molecule has 1 aromatic carbocycles. The van der Waals surface area contributed by atoms with E-state index in [-0.39, 0.29) is 29.3 Å². The highest BCUT2D eigenvalue weighted by Crippen LogP contribution is 2.38. The maximum Gasteiger partial charge on any atom is 0.309 e. The smallest absolute Gasteiger partial charge is 0.309 e. The number of nitrogens with one attached hydrogen (secondary N) is 1. The van der Waals surface area contributed by atoms with Crippen molar-refractivity contribution in [1.29, 1.82) is 0 Å². The van der Waals surface area contributed by atoms with Crippen molar-refractivity contribution in [3.8, 4) is 0 Å². The number of hydrogen-bond donors (Lipinski definition) is 2. The van der Waals surface area contributed by atoms with Crippen molar-refractivity contribution in [3.63, 3.8) is 0 Å². The molecule has 0 unspecified atom stereocenters. The Morgan fingerprint density at radius 3 is 2.43 bits per heavy atom. The molecule has 8 heteroatoms. The van der Waals surface area contributed by atoms with E-state index < -0.39 is 10.0 Å². The lowest BCUT2D eigenvalue weighted by Crippen LogP contribution is -2.30. The minimum Gasteiger partial charge on any atom is -0.455 e. The van der Waals surface area contributed by atoms with Crippen LogP contribution in [-0.4, -0.2) is 33.4 Å². The Labute approximate surface area is 135 Å². The standard InChI is InChI=1S/C15H20N2O5S/c1-10-8-13(10)15(19)22-9-14(18)17-7-6-11-2-4-12(5-3-11)23(16,20)21/h2-5,10,13H,6-9H2,1H3,(H,17,18)(H2,16,20,21)/t10-,13+/m0/s1. The van der Waals surface area contributed by atoms with Crippen LogP contribution in [0.1, 0.15) is 18.9 Å². The number of benzene rings is 1. The van der Waals surface area contributed by atoms with E-state index in [1.165, 1.54) is 12.1 Å². The van der Waals surface area contributed by atoms with Gasteiger partial charge in [-0.1, -0.05) is 19.1 Å². The molecule has 0 spiro atoms. The zero-order valence-electron chi connectivity index (χ0n) is 12.8. The molecule has 23 heavy (non-hydrogen) atoms. The monoisotopic (exact) mass is 340 g/mol. The molecule has 0 bridgehead atoms. The number of rotatable bonds is 7. The van der Waals surface area contributed by atoms with Gasteiger partial charge in [0, 0.05) is 6.54 Å². The number of sulfonamides is 1. The predicted octanol–water partition coefficient (Wildman–Crippen LogP) is 0.192. The van der Waals surface area contributed by atoms with Gasteiger partial charge in [0.2, 0.25) is 10.0 Å². The second-order valence-corrected chi connectivity index (χ2v) is 7.28. The molecular formula is C15H20N2O5S. The van der Waals surface area contributed by atoms with E-state index in [0.717, 1.165) is 12.0 Å². The third-order valence-corrected chi connectivity index (χ3v) is 4.67. The Hall–Kier alpha value is -1.93. The Morgan fingerprint density at radius 1 is 1.30 bits per heavy atom. The highest BCUT2D eigenvalue weighted by atomic mass is 32.2. The lowest BCUT2D eigenvalue weighted by Gasteiger charge is -2.07. The molecule has 1 aromatic rings. The van der Waals surface area contributed by atoms with Gasteiger partial charge in [-0.15, -0.1) is 0 Å².